The van der Waals surface area contributed by atoms with Crippen LogP contribution < -0.4 is 10.6 Å². The minimum atomic E-state index is -0.623. The smallest absolute Gasteiger partial charge is 0.408 e. The molecule has 6 nitrogen and oxygen atoms in total. The van der Waals surface area contributed by atoms with Crippen molar-refractivity contribution in [1.82, 2.24) is 15.6 Å². The number of nitrogens with one attached hydrogen (secondary N) is 2. The molecule has 0 aliphatic rings. The summed E-state index contributed by atoms with van der Waals surface area (Å²) in [5, 5.41) is 8.48. The van der Waals surface area contributed by atoms with Gasteiger partial charge in [-0.05, 0) is 33.6 Å². The molecular formula is C16H27N3O3S. The Bertz CT molecular complexity index is 535. The van der Waals surface area contributed by atoms with E-state index in [2.05, 4.69) is 15.6 Å². The minimum absolute atomic E-state index is 0.0379. The maximum absolute atomic E-state index is 12.3. The largest absolute Gasteiger partial charge is 0.444 e. The van der Waals surface area contributed by atoms with E-state index in [0.717, 1.165) is 10.7 Å². The Morgan fingerprint density at radius 3 is 2.48 bits per heavy atom. The molecule has 1 aromatic rings. The summed E-state index contributed by atoms with van der Waals surface area (Å²) >= 11 is 1.59. The van der Waals surface area contributed by atoms with Crippen LogP contribution in [0.1, 0.15) is 45.3 Å². The normalized spacial score (nSPS) is 12.8. The number of amides is 2. The van der Waals surface area contributed by atoms with Crippen molar-refractivity contribution in [3.63, 3.8) is 0 Å². The number of ether oxygens (including phenoxy) is 1. The second kappa shape index (κ2) is 8.29. The number of nitrogens with zero attached hydrogens (tertiary/aromatic N) is 1. The number of rotatable bonds is 6. The third kappa shape index (κ3) is 7.45. The Hall–Kier alpha value is -1.63. The molecule has 0 aliphatic carbocycles. The third-order valence-electron chi connectivity index (χ3n) is 2.97. The molecule has 1 aromatic heterocycles. The van der Waals surface area contributed by atoms with E-state index in [1.165, 1.54) is 0 Å². The molecule has 0 spiro atoms. The summed E-state index contributed by atoms with van der Waals surface area (Å²) < 4.78 is 5.21. The molecule has 0 bridgehead atoms. The minimum Gasteiger partial charge on any atom is -0.444 e. The van der Waals surface area contributed by atoms with E-state index in [1.807, 2.05) is 26.2 Å². The number of aromatic nitrogens is 1. The molecule has 0 aliphatic heterocycles. The molecule has 0 aromatic carbocycles. The lowest BCUT2D eigenvalue weighted by molar-refractivity contribution is -0.124. The van der Waals surface area contributed by atoms with E-state index in [1.54, 1.807) is 32.1 Å². The van der Waals surface area contributed by atoms with E-state index in [9.17, 15) is 9.59 Å². The molecule has 2 amide bonds. The molecule has 0 fully saturated rings. The Labute approximate surface area is 142 Å². The molecule has 1 rings (SSSR count). The van der Waals surface area contributed by atoms with Crippen LogP contribution in [-0.4, -0.2) is 35.2 Å². The maximum Gasteiger partial charge on any atom is 0.408 e. The van der Waals surface area contributed by atoms with Crippen molar-refractivity contribution >= 4 is 23.3 Å². The molecule has 1 atom stereocenters. The fraction of sp³-hybridized carbons (Fsp3) is 0.688. The molecule has 0 saturated heterocycles. The fourth-order valence-electron chi connectivity index (χ4n) is 1.92. The monoisotopic (exact) mass is 341 g/mol. The highest BCUT2D eigenvalue weighted by atomic mass is 32.1. The van der Waals surface area contributed by atoms with Crippen LogP contribution in [-0.2, 0) is 16.0 Å². The van der Waals surface area contributed by atoms with Gasteiger partial charge in [0.15, 0.2) is 0 Å². The lowest BCUT2D eigenvalue weighted by Gasteiger charge is -2.25. The lowest BCUT2D eigenvalue weighted by Crippen LogP contribution is -2.51. The first-order chi connectivity index (χ1) is 10.6. The molecule has 7 heteroatoms. The van der Waals surface area contributed by atoms with E-state index < -0.39 is 17.7 Å². The van der Waals surface area contributed by atoms with Gasteiger partial charge >= 0.3 is 6.09 Å². The summed E-state index contributed by atoms with van der Waals surface area (Å²) in [7, 11) is 0. The van der Waals surface area contributed by atoms with Crippen LogP contribution in [0, 0.1) is 12.8 Å². The Balaban J connectivity index is 2.49. The third-order valence-corrected chi connectivity index (χ3v) is 3.79. The first-order valence-corrected chi connectivity index (χ1v) is 8.64. The van der Waals surface area contributed by atoms with Crippen LogP contribution in [0.3, 0.4) is 0 Å². The van der Waals surface area contributed by atoms with Gasteiger partial charge in [-0.3, -0.25) is 4.79 Å². The van der Waals surface area contributed by atoms with Crippen LogP contribution in [0.15, 0.2) is 5.38 Å². The van der Waals surface area contributed by atoms with Crippen LogP contribution >= 0.6 is 11.3 Å². The van der Waals surface area contributed by atoms with Gasteiger partial charge in [0.25, 0.3) is 0 Å². The van der Waals surface area contributed by atoms with Gasteiger partial charge in [0, 0.05) is 18.3 Å². The highest BCUT2D eigenvalue weighted by Crippen LogP contribution is 2.10. The summed E-state index contributed by atoms with van der Waals surface area (Å²) in [6, 6.07) is -0.623. The van der Waals surface area contributed by atoms with Crippen molar-refractivity contribution in [3.05, 3.63) is 16.1 Å². The average molecular weight is 341 g/mol. The summed E-state index contributed by atoms with van der Waals surface area (Å²) in [4.78, 5) is 28.5. The standard InChI is InChI=1S/C16H27N3O3S/c1-10(2)13(19-15(21)22-16(4,5)6)14(20)17-8-7-12-9-23-11(3)18-12/h9-10,13H,7-8H2,1-6H3,(H,17,20)(H,19,21). The van der Waals surface area contributed by atoms with Crippen molar-refractivity contribution in [2.24, 2.45) is 5.92 Å². The number of carbonyl (C=O) groups is 2. The van der Waals surface area contributed by atoms with Crippen molar-refractivity contribution in [1.29, 1.82) is 0 Å². The van der Waals surface area contributed by atoms with E-state index in [4.69, 9.17) is 4.74 Å². The zero-order chi connectivity index (χ0) is 17.6. The second-order valence-electron chi connectivity index (χ2n) is 6.77. The summed E-state index contributed by atoms with van der Waals surface area (Å²) in [5.41, 5.74) is 0.374. The van der Waals surface area contributed by atoms with Crippen molar-refractivity contribution in [2.45, 2.75) is 59.6 Å². The van der Waals surface area contributed by atoms with Crippen LogP contribution in [0.5, 0.6) is 0 Å². The van der Waals surface area contributed by atoms with Gasteiger partial charge in [-0.2, -0.15) is 0 Å². The first-order valence-electron chi connectivity index (χ1n) is 7.76. The average Bonchev–Trinajstić information content (AvgIpc) is 2.79. The topological polar surface area (TPSA) is 80.3 Å². The quantitative estimate of drug-likeness (QED) is 0.833. The second-order valence-corrected chi connectivity index (χ2v) is 7.83. The van der Waals surface area contributed by atoms with Crippen molar-refractivity contribution < 1.29 is 14.3 Å². The maximum atomic E-state index is 12.3. The molecule has 0 radical (unpaired) electrons. The molecule has 1 heterocycles. The highest BCUT2D eigenvalue weighted by Gasteiger charge is 2.26. The Morgan fingerprint density at radius 1 is 1.35 bits per heavy atom. The molecule has 130 valence electrons. The molecule has 2 N–H and O–H groups in total. The molecule has 0 saturated carbocycles. The number of thiazole rings is 1. The van der Waals surface area contributed by atoms with E-state index >= 15 is 0 Å². The summed E-state index contributed by atoms with van der Waals surface area (Å²) in [5.74, 6) is -0.248. The highest BCUT2D eigenvalue weighted by molar-refractivity contribution is 7.09. The Morgan fingerprint density at radius 2 is 2.00 bits per heavy atom. The summed E-state index contributed by atoms with van der Waals surface area (Å²) in [6.45, 7) is 11.6. The van der Waals surface area contributed by atoms with Gasteiger partial charge in [-0.15, -0.1) is 11.3 Å². The predicted molar refractivity (Wildman–Crippen MR) is 91.6 cm³/mol. The zero-order valence-corrected chi connectivity index (χ0v) is 15.5. The number of hydrogen-bond donors (Lipinski definition) is 2. The zero-order valence-electron chi connectivity index (χ0n) is 14.7. The van der Waals surface area contributed by atoms with Crippen LogP contribution in [0.2, 0.25) is 0 Å². The van der Waals surface area contributed by atoms with Crippen LogP contribution in [0.25, 0.3) is 0 Å². The van der Waals surface area contributed by atoms with E-state index in [0.29, 0.717) is 13.0 Å². The van der Waals surface area contributed by atoms with Crippen molar-refractivity contribution in [3.8, 4) is 0 Å². The van der Waals surface area contributed by atoms with Gasteiger partial charge in [0.05, 0.1) is 10.7 Å². The SMILES string of the molecule is Cc1nc(CCNC(=O)C(NC(=O)OC(C)(C)C)C(C)C)cs1. The van der Waals surface area contributed by atoms with Gasteiger partial charge < -0.3 is 15.4 Å². The number of alkyl carbamates (subject to hydrolysis) is 1. The van der Waals surface area contributed by atoms with Gasteiger partial charge in [0.1, 0.15) is 11.6 Å². The number of hydrogen-bond acceptors (Lipinski definition) is 5. The molecular weight excluding hydrogens is 314 g/mol. The van der Waals surface area contributed by atoms with Gasteiger partial charge in [-0.25, -0.2) is 9.78 Å². The van der Waals surface area contributed by atoms with Gasteiger partial charge in [-0.1, -0.05) is 13.8 Å². The number of carbonyl (C=O) groups excluding carboxylic acids is 2. The predicted octanol–water partition coefficient (Wildman–Crippen LogP) is 2.66. The van der Waals surface area contributed by atoms with Crippen molar-refractivity contribution in [2.75, 3.05) is 6.54 Å². The molecule has 23 heavy (non-hydrogen) atoms. The van der Waals surface area contributed by atoms with Crippen LogP contribution in [0.4, 0.5) is 4.79 Å². The van der Waals surface area contributed by atoms with E-state index in [-0.39, 0.29) is 11.8 Å². The number of aryl methyl sites for hydroxylation is 1. The molecule has 1 unspecified atom stereocenters. The Kier molecular flexibility index (Phi) is 7.00. The lowest BCUT2D eigenvalue weighted by atomic mass is 10.0. The fourth-order valence-corrected chi connectivity index (χ4v) is 2.56. The van der Waals surface area contributed by atoms with Gasteiger partial charge in [0.2, 0.25) is 5.91 Å². The summed E-state index contributed by atoms with van der Waals surface area (Å²) in [6.07, 6.45) is 0.0920. The first kappa shape index (κ1) is 19.4.